The minimum Gasteiger partial charge on any atom is -0.350 e. The van der Waals surface area contributed by atoms with Gasteiger partial charge in [0.25, 0.3) is 5.91 Å². The number of rotatable bonds is 3. The molecule has 0 bridgehead atoms. The highest BCUT2D eigenvalue weighted by Gasteiger charge is 2.21. The average molecular weight is 291 g/mol. The van der Waals surface area contributed by atoms with Crippen molar-refractivity contribution < 1.29 is 9.59 Å². The maximum absolute atomic E-state index is 11.9. The lowest BCUT2D eigenvalue weighted by atomic mass is 10.1. The van der Waals surface area contributed by atoms with Crippen molar-refractivity contribution in [1.29, 1.82) is 0 Å². The van der Waals surface area contributed by atoms with E-state index in [2.05, 4.69) is 15.5 Å². The van der Waals surface area contributed by atoms with Gasteiger partial charge >= 0.3 is 0 Å². The van der Waals surface area contributed by atoms with E-state index in [4.69, 9.17) is 11.6 Å². The van der Waals surface area contributed by atoms with Crippen LogP contribution in [-0.2, 0) is 4.79 Å². The van der Waals surface area contributed by atoms with Gasteiger partial charge in [0.2, 0.25) is 15.4 Å². The van der Waals surface area contributed by atoms with E-state index in [1.807, 2.05) is 20.8 Å². The van der Waals surface area contributed by atoms with Gasteiger partial charge in [0.05, 0.1) is 6.54 Å². The summed E-state index contributed by atoms with van der Waals surface area (Å²) in [6, 6.07) is 0. The topological polar surface area (TPSA) is 75.2 Å². The zero-order valence-corrected chi connectivity index (χ0v) is 12.2. The van der Waals surface area contributed by atoms with E-state index in [0.29, 0.717) is 0 Å². The number of nitrogens with one attached hydrogen (secondary N) is 1. The predicted molar refractivity (Wildman–Crippen MR) is 69.8 cm³/mol. The van der Waals surface area contributed by atoms with Gasteiger partial charge in [0, 0.05) is 12.6 Å². The number of aromatic nitrogens is 2. The molecule has 0 fully saturated rings. The number of hydrogen-bond acceptors (Lipinski definition) is 5. The molecule has 0 saturated heterocycles. The molecule has 0 radical (unpaired) electrons. The third-order valence-electron chi connectivity index (χ3n) is 1.83. The Bertz CT molecular complexity index is 455. The van der Waals surface area contributed by atoms with E-state index in [0.717, 1.165) is 11.3 Å². The Morgan fingerprint density at radius 2 is 2.00 bits per heavy atom. The Hall–Kier alpha value is -1.21. The molecule has 0 aliphatic carbocycles. The summed E-state index contributed by atoms with van der Waals surface area (Å²) in [4.78, 5) is 24.8. The quantitative estimate of drug-likeness (QED) is 0.907. The van der Waals surface area contributed by atoms with Crippen molar-refractivity contribution in [2.75, 3.05) is 13.6 Å². The molecule has 0 aromatic carbocycles. The monoisotopic (exact) mass is 290 g/mol. The number of halogens is 1. The summed E-state index contributed by atoms with van der Waals surface area (Å²) in [7, 11) is 1.53. The summed E-state index contributed by atoms with van der Waals surface area (Å²) < 4.78 is 0.200. The summed E-state index contributed by atoms with van der Waals surface area (Å²) in [6.45, 7) is 5.58. The Labute approximate surface area is 114 Å². The molecule has 18 heavy (non-hydrogen) atoms. The first-order chi connectivity index (χ1) is 8.19. The van der Waals surface area contributed by atoms with E-state index in [-0.39, 0.29) is 33.4 Å². The Kier molecular flexibility index (Phi) is 4.64. The van der Waals surface area contributed by atoms with Gasteiger partial charge in [-0.05, 0) is 32.4 Å². The van der Waals surface area contributed by atoms with Crippen molar-refractivity contribution in [3.8, 4) is 0 Å². The number of carbonyl (C=O) groups excluding carboxylic acids is 2. The summed E-state index contributed by atoms with van der Waals surface area (Å²) in [5.74, 6) is -0.600. The second-order valence-corrected chi connectivity index (χ2v) is 6.38. The van der Waals surface area contributed by atoms with Crippen LogP contribution in [0.3, 0.4) is 0 Å². The molecule has 1 N–H and O–H groups in total. The van der Waals surface area contributed by atoms with Gasteiger partial charge in [0.15, 0.2) is 0 Å². The molecule has 0 aliphatic heterocycles. The molecular formula is C10H15ClN4O2S. The van der Waals surface area contributed by atoms with Gasteiger partial charge in [-0.3, -0.25) is 9.59 Å². The number of carbonyl (C=O) groups is 2. The first kappa shape index (κ1) is 14.8. The number of amides is 2. The lowest BCUT2D eigenvalue weighted by Crippen LogP contribution is -2.46. The van der Waals surface area contributed by atoms with Gasteiger partial charge in [-0.1, -0.05) is 11.3 Å². The third-order valence-corrected chi connectivity index (χ3v) is 2.83. The van der Waals surface area contributed by atoms with Gasteiger partial charge < -0.3 is 10.2 Å². The highest BCUT2D eigenvalue weighted by Crippen LogP contribution is 2.16. The van der Waals surface area contributed by atoms with Crippen LogP contribution in [-0.4, -0.2) is 46.0 Å². The van der Waals surface area contributed by atoms with Crippen LogP contribution in [0.25, 0.3) is 0 Å². The van der Waals surface area contributed by atoms with Crippen LogP contribution in [0.1, 0.15) is 30.6 Å². The van der Waals surface area contributed by atoms with Crippen molar-refractivity contribution in [2.24, 2.45) is 0 Å². The van der Waals surface area contributed by atoms with Crippen molar-refractivity contribution in [1.82, 2.24) is 20.4 Å². The fourth-order valence-electron chi connectivity index (χ4n) is 1.20. The summed E-state index contributed by atoms with van der Waals surface area (Å²) in [5, 5.41) is 10.1. The Balaban J connectivity index is 2.58. The normalized spacial score (nSPS) is 11.2. The molecule has 0 unspecified atom stereocenters. The molecule has 1 aromatic rings. The van der Waals surface area contributed by atoms with Crippen molar-refractivity contribution in [3.05, 3.63) is 9.47 Å². The van der Waals surface area contributed by atoms with E-state index >= 15 is 0 Å². The second kappa shape index (κ2) is 5.62. The minimum absolute atomic E-state index is 0.0344. The number of likely N-dealkylation sites (N-methyl/N-ethyl adjacent to an activating group) is 1. The van der Waals surface area contributed by atoms with E-state index in [1.54, 1.807) is 0 Å². The lowest BCUT2D eigenvalue weighted by Gasteiger charge is -2.22. The van der Waals surface area contributed by atoms with Gasteiger partial charge in [0.1, 0.15) is 0 Å². The fourth-order valence-corrected chi connectivity index (χ4v) is 2.02. The van der Waals surface area contributed by atoms with E-state index in [9.17, 15) is 9.59 Å². The molecule has 0 saturated carbocycles. The van der Waals surface area contributed by atoms with Crippen LogP contribution in [0.4, 0.5) is 0 Å². The number of nitrogens with zero attached hydrogens (tertiary/aromatic N) is 3. The predicted octanol–water partition coefficient (Wildman–Crippen LogP) is 1.18. The van der Waals surface area contributed by atoms with Gasteiger partial charge in [-0.2, -0.15) is 0 Å². The van der Waals surface area contributed by atoms with Crippen LogP contribution in [0.5, 0.6) is 0 Å². The van der Waals surface area contributed by atoms with Crippen LogP contribution < -0.4 is 5.32 Å². The largest absolute Gasteiger partial charge is 0.350 e. The molecule has 0 aliphatic rings. The Morgan fingerprint density at radius 1 is 1.39 bits per heavy atom. The molecule has 100 valence electrons. The maximum atomic E-state index is 11.9. The molecule has 0 atom stereocenters. The third kappa shape index (κ3) is 4.58. The molecule has 8 heteroatoms. The molecule has 0 spiro atoms. The summed E-state index contributed by atoms with van der Waals surface area (Å²) in [6.07, 6.45) is 0. The maximum Gasteiger partial charge on any atom is 0.285 e. The zero-order chi connectivity index (χ0) is 13.9. The average Bonchev–Trinajstić information content (AvgIpc) is 2.60. The van der Waals surface area contributed by atoms with Crippen molar-refractivity contribution in [3.63, 3.8) is 0 Å². The molecule has 1 aromatic heterocycles. The van der Waals surface area contributed by atoms with E-state index < -0.39 is 0 Å². The highest BCUT2D eigenvalue weighted by atomic mass is 35.5. The lowest BCUT2D eigenvalue weighted by molar-refractivity contribution is -0.122. The Morgan fingerprint density at radius 3 is 2.44 bits per heavy atom. The standard InChI is InChI=1S/C10H15ClN4O2S/c1-10(2,3)12-6(16)5-15(4)8(17)7-13-14-9(11)18-7/h5H2,1-4H3,(H,12,16). The fraction of sp³-hybridized carbons (Fsp3) is 0.600. The summed E-state index contributed by atoms with van der Waals surface area (Å²) in [5.41, 5.74) is -0.326. The SMILES string of the molecule is CN(CC(=O)NC(C)(C)C)C(=O)c1nnc(Cl)s1. The van der Waals surface area contributed by atoms with Crippen LogP contribution in [0.15, 0.2) is 0 Å². The van der Waals surface area contributed by atoms with Crippen LogP contribution >= 0.6 is 22.9 Å². The van der Waals surface area contributed by atoms with E-state index in [1.165, 1.54) is 11.9 Å². The second-order valence-electron chi connectivity index (χ2n) is 4.82. The van der Waals surface area contributed by atoms with Crippen LogP contribution in [0.2, 0.25) is 4.47 Å². The molecule has 1 rings (SSSR count). The first-order valence-corrected chi connectivity index (χ1v) is 6.44. The smallest absolute Gasteiger partial charge is 0.285 e. The van der Waals surface area contributed by atoms with Gasteiger partial charge in [-0.25, -0.2) is 0 Å². The van der Waals surface area contributed by atoms with Crippen molar-refractivity contribution in [2.45, 2.75) is 26.3 Å². The molecular weight excluding hydrogens is 276 g/mol. The zero-order valence-electron chi connectivity index (χ0n) is 10.7. The van der Waals surface area contributed by atoms with Crippen molar-refractivity contribution >= 4 is 34.8 Å². The highest BCUT2D eigenvalue weighted by molar-refractivity contribution is 7.17. The minimum atomic E-state index is -0.372. The first-order valence-electron chi connectivity index (χ1n) is 5.24. The number of hydrogen-bond donors (Lipinski definition) is 1. The molecule has 1 heterocycles. The summed E-state index contributed by atoms with van der Waals surface area (Å²) >= 11 is 6.58. The van der Waals surface area contributed by atoms with Gasteiger partial charge in [-0.15, -0.1) is 10.2 Å². The van der Waals surface area contributed by atoms with Crippen LogP contribution in [0, 0.1) is 0 Å². The molecule has 6 nitrogen and oxygen atoms in total. The molecule has 2 amide bonds.